The number of benzene rings is 2. The van der Waals surface area contributed by atoms with Gasteiger partial charge in [-0.05, 0) is 31.0 Å². The standard InChI is InChI=1S/C26H26N2O5/c1-32-19-12-7-13-20(33-2)21(19)24(29)22-23(17-14-27-18-11-6-5-10-16(17)18)28(26(31)25(22)30)15-8-3-4-9-15/h5-7,10-15,23,27,29H,3-4,8-9H2,1-2H3/b24-22+. The highest BCUT2D eigenvalue weighted by atomic mass is 16.5. The Balaban J connectivity index is 1.78. The lowest BCUT2D eigenvalue weighted by atomic mass is 9.93. The number of rotatable bonds is 5. The van der Waals surface area contributed by atoms with Gasteiger partial charge in [-0.15, -0.1) is 0 Å². The maximum Gasteiger partial charge on any atom is 0.295 e. The van der Waals surface area contributed by atoms with E-state index < -0.39 is 17.7 Å². The number of nitrogens with zero attached hydrogens (tertiary/aromatic N) is 1. The van der Waals surface area contributed by atoms with Gasteiger partial charge in [0.05, 0.1) is 25.8 Å². The summed E-state index contributed by atoms with van der Waals surface area (Å²) in [5.74, 6) is -0.846. The van der Waals surface area contributed by atoms with Crippen molar-refractivity contribution < 1.29 is 24.2 Å². The molecule has 0 spiro atoms. The van der Waals surface area contributed by atoms with Crippen molar-refractivity contribution in [3.63, 3.8) is 0 Å². The maximum absolute atomic E-state index is 13.4. The van der Waals surface area contributed by atoms with Gasteiger partial charge in [-0.2, -0.15) is 0 Å². The molecule has 2 heterocycles. The monoisotopic (exact) mass is 446 g/mol. The minimum atomic E-state index is -0.709. The van der Waals surface area contributed by atoms with Gasteiger partial charge in [0.25, 0.3) is 11.7 Å². The van der Waals surface area contributed by atoms with Gasteiger partial charge in [0.1, 0.15) is 22.8 Å². The molecule has 0 bridgehead atoms. The van der Waals surface area contributed by atoms with Crippen LogP contribution in [0.5, 0.6) is 11.5 Å². The molecule has 2 aliphatic rings. The summed E-state index contributed by atoms with van der Waals surface area (Å²) in [6.07, 6.45) is 5.52. The fourth-order valence-corrected chi connectivity index (χ4v) is 5.25. The van der Waals surface area contributed by atoms with Gasteiger partial charge in [0.2, 0.25) is 0 Å². The average Bonchev–Trinajstić information content (AvgIpc) is 3.57. The number of likely N-dealkylation sites (tertiary alicyclic amines) is 1. The lowest BCUT2D eigenvalue weighted by Gasteiger charge is -2.30. The van der Waals surface area contributed by atoms with E-state index in [1.165, 1.54) is 14.2 Å². The Morgan fingerprint density at radius 2 is 1.67 bits per heavy atom. The second-order valence-electron chi connectivity index (χ2n) is 8.47. The SMILES string of the molecule is COc1cccc(OC)c1/C(O)=C1\C(=O)C(=O)N(C2CCCC2)C1c1c[nH]c2ccccc12. The predicted molar refractivity (Wildman–Crippen MR) is 124 cm³/mol. The minimum absolute atomic E-state index is 0.0509. The Morgan fingerprint density at radius 1 is 1.00 bits per heavy atom. The van der Waals surface area contributed by atoms with Crippen molar-refractivity contribution in [2.24, 2.45) is 0 Å². The Labute approximate surface area is 191 Å². The number of H-pyrrole nitrogens is 1. The van der Waals surface area contributed by atoms with Crippen LogP contribution in [0, 0.1) is 0 Å². The summed E-state index contributed by atoms with van der Waals surface area (Å²) in [6.45, 7) is 0. The second-order valence-corrected chi connectivity index (χ2v) is 8.47. The number of aliphatic hydroxyl groups is 1. The van der Waals surface area contributed by atoms with Gasteiger partial charge in [-0.1, -0.05) is 37.1 Å². The van der Waals surface area contributed by atoms with Crippen molar-refractivity contribution in [3.8, 4) is 11.5 Å². The number of nitrogens with one attached hydrogen (secondary N) is 1. The molecular weight excluding hydrogens is 420 g/mol. The van der Waals surface area contributed by atoms with E-state index in [4.69, 9.17) is 9.47 Å². The molecule has 1 saturated heterocycles. The fourth-order valence-electron chi connectivity index (χ4n) is 5.25. The second kappa shape index (κ2) is 8.31. The number of fused-ring (bicyclic) bond motifs is 1. The molecule has 1 aliphatic heterocycles. The zero-order valence-corrected chi connectivity index (χ0v) is 18.6. The van der Waals surface area contributed by atoms with E-state index in [1.54, 1.807) is 23.1 Å². The van der Waals surface area contributed by atoms with Crippen molar-refractivity contribution in [2.45, 2.75) is 37.8 Å². The number of carbonyl (C=O) groups is 2. The number of ketones is 1. The number of aliphatic hydroxyl groups excluding tert-OH is 1. The summed E-state index contributed by atoms with van der Waals surface area (Å²) in [6, 6.07) is 12.1. The lowest BCUT2D eigenvalue weighted by Crippen LogP contribution is -2.37. The summed E-state index contributed by atoms with van der Waals surface area (Å²) >= 11 is 0. The summed E-state index contributed by atoms with van der Waals surface area (Å²) < 4.78 is 10.9. The van der Waals surface area contributed by atoms with Crippen LogP contribution in [0.25, 0.3) is 16.7 Å². The number of carbonyl (C=O) groups excluding carboxylic acids is 2. The normalized spacial score (nSPS) is 20.7. The topological polar surface area (TPSA) is 91.9 Å². The molecule has 1 aliphatic carbocycles. The van der Waals surface area contributed by atoms with Crippen LogP contribution in [0.2, 0.25) is 0 Å². The first kappa shape index (κ1) is 21.1. The first-order chi connectivity index (χ1) is 16.1. The molecule has 7 heteroatoms. The Morgan fingerprint density at radius 3 is 2.33 bits per heavy atom. The largest absolute Gasteiger partial charge is 0.506 e. The molecule has 5 rings (SSSR count). The molecule has 1 saturated carbocycles. The molecule has 3 aromatic rings. The van der Waals surface area contributed by atoms with E-state index in [2.05, 4.69) is 4.98 Å². The number of para-hydroxylation sites is 1. The van der Waals surface area contributed by atoms with Crippen LogP contribution in [0.1, 0.15) is 42.9 Å². The Bertz CT molecular complexity index is 1250. The number of aromatic nitrogens is 1. The molecule has 33 heavy (non-hydrogen) atoms. The van der Waals surface area contributed by atoms with Gasteiger partial charge in [0.15, 0.2) is 0 Å². The quantitative estimate of drug-likeness (QED) is 0.341. The minimum Gasteiger partial charge on any atom is -0.506 e. The third-order valence-corrected chi connectivity index (χ3v) is 6.78. The molecular formula is C26H26N2O5. The lowest BCUT2D eigenvalue weighted by molar-refractivity contribution is -0.141. The van der Waals surface area contributed by atoms with E-state index in [0.29, 0.717) is 11.5 Å². The third kappa shape index (κ3) is 3.26. The smallest absolute Gasteiger partial charge is 0.295 e. The van der Waals surface area contributed by atoms with Crippen LogP contribution in [0.4, 0.5) is 0 Å². The first-order valence-corrected chi connectivity index (χ1v) is 11.1. The van der Waals surface area contributed by atoms with E-state index in [1.807, 2.05) is 30.5 Å². The number of aromatic amines is 1. The van der Waals surface area contributed by atoms with Crippen LogP contribution < -0.4 is 9.47 Å². The molecule has 1 aromatic heterocycles. The van der Waals surface area contributed by atoms with E-state index >= 15 is 0 Å². The fraction of sp³-hybridized carbons (Fsp3) is 0.308. The highest BCUT2D eigenvalue weighted by Crippen LogP contribution is 2.47. The van der Waals surface area contributed by atoms with Crippen molar-refractivity contribution in [1.82, 2.24) is 9.88 Å². The van der Waals surface area contributed by atoms with Crippen molar-refractivity contribution in [3.05, 3.63) is 65.4 Å². The van der Waals surface area contributed by atoms with Crippen molar-refractivity contribution in [1.29, 1.82) is 0 Å². The number of ether oxygens (including phenoxy) is 2. The molecule has 170 valence electrons. The highest BCUT2D eigenvalue weighted by Gasteiger charge is 2.50. The first-order valence-electron chi connectivity index (χ1n) is 11.1. The van der Waals surface area contributed by atoms with E-state index in [0.717, 1.165) is 42.1 Å². The molecule has 2 aromatic carbocycles. The summed E-state index contributed by atoms with van der Waals surface area (Å²) in [5.41, 5.74) is 2.00. The molecule has 1 amide bonds. The Kier molecular flexibility index (Phi) is 5.32. The molecule has 2 N–H and O–H groups in total. The Hall–Kier alpha value is -3.74. The van der Waals surface area contributed by atoms with E-state index in [9.17, 15) is 14.7 Å². The van der Waals surface area contributed by atoms with Gasteiger partial charge in [0, 0.05) is 28.7 Å². The maximum atomic E-state index is 13.4. The number of hydrogen-bond donors (Lipinski definition) is 2. The van der Waals surface area contributed by atoms with Gasteiger partial charge in [-0.25, -0.2) is 0 Å². The number of methoxy groups -OCH3 is 2. The zero-order chi connectivity index (χ0) is 23.1. The predicted octanol–water partition coefficient (Wildman–Crippen LogP) is 4.55. The number of amides is 1. The van der Waals surface area contributed by atoms with Crippen LogP contribution in [0.3, 0.4) is 0 Å². The van der Waals surface area contributed by atoms with Crippen LogP contribution in [0.15, 0.2) is 54.2 Å². The van der Waals surface area contributed by atoms with Gasteiger partial charge >= 0.3 is 0 Å². The van der Waals surface area contributed by atoms with Crippen molar-refractivity contribution in [2.75, 3.05) is 14.2 Å². The molecule has 2 fully saturated rings. The summed E-state index contributed by atoms with van der Waals surface area (Å²) in [5, 5.41) is 12.5. The molecule has 1 atom stereocenters. The summed E-state index contributed by atoms with van der Waals surface area (Å²) in [7, 11) is 2.97. The third-order valence-electron chi connectivity index (χ3n) is 6.78. The van der Waals surface area contributed by atoms with Gasteiger partial charge < -0.3 is 24.5 Å². The molecule has 1 unspecified atom stereocenters. The van der Waals surface area contributed by atoms with Gasteiger partial charge in [-0.3, -0.25) is 9.59 Å². The van der Waals surface area contributed by atoms with Crippen LogP contribution in [-0.2, 0) is 9.59 Å². The number of hydrogen-bond acceptors (Lipinski definition) is 5. The average molecular weight is 447 g/mol. The van der Waals surface area contributed by atoms with E-state index in [-0.39, 0.29) is 22.9 Å². The molecule has 0 radical (unpaired) electrons. The van der Waals surface area contributed by atoms with Crippen molar-refractivity contribution >= 4 is 28.4 Å². The van der Waals surface area contributed by atoms with Crippen LogP contribution in [-0.4, -0.2) is 46.9 Å². The highest BCUT2D eigenvalue weighted by molar-refractivity contribution is 6.47. The number of Topliss-reactive ketones (excluding diaryl/α,β-unsaturated/α-hetero) is 1. The zero-order valence-electron chi connectivity index (χ0n) is 18.6. The van der Waals surface area contributed by atoms with Crippen LogP contribution >= 0.6 is 0 Å². The molecule has 7 nitrogen and oxygen atoms in total. The summed E-state index contributed by atoms with van der Waals surface area (Å²) in [4.78, 5) is 31.7.